The fraction of sp³-hybridized carbons (Fsp3) is 0.571. The van der Waals surface area contributed by atoms with Crippen LogP contribution in [0.15, 0.2) is 35.3 Å². The van der Waals surface area contributed by atoms with Gasteiger partial charge in [0.05, 0.1) is 22.9 Å². The Hall–Kier alpha value is -2.85. The van der Waals surface area contributed by atoms with E-state index in [-0.39, 0.29) is 23.2 Å². The van der Waals surface area contributed by atoms with Crippen molar-refractivity contribution in [1.29, 1.82) is 0 Å². The molecule has 1 amide bonds. The van der Waals surface area contributed by atoms with Gasteiger partial charge in [-0.2, -0.15) is 13.2 Å². The summed E-state index contributed by atoms with van der Waals surface area (Å²) < 4.78 is 47.5. The van der Waals surface area contributed by atoms with E-state index in [0.717, 1.165) is 25.6 Å². The second-order valence-corrected chi connectivity index (χ2v) is 11.0. The van der Waals surface area contributed by atoms with Gasteiger partial charge in [0.1, 0.15) is 0 Å². The zero-order chi connectivity index (χ0) is 27.2. The Morgan fingerprint density at radius 2 is 1.84 bits per heavy atom. The van der Waals surface area contributed by atoms with Crippen molar-refractivity contribution in [2.24, 2.45) is 11.8 Å². The molecule has 2 N–H and O–H groups in total. The molecule has 5 rings (SSSR count). The molecule has 2 bridgehead atoms. The third-order valence-electron chi connectivity index (χ3n) is 8.44. The number of carbonyl (C=O) groups excluding carboxylic acids is 1. The van der Waals surface area contributed by atoms with Crippen LogP contribution < -0.4 is 16.2 Å². The van der Waals surface area contributed by atoms with Crippen LogP contribution in [0.4, 0.5) is 18.9 Å². The number of pyridine rings is 1. The molecule has 1 saturated carbocycles. The first-order chi connectivity index (χ1) is 18.0. The Balaban J connectivity index is 1.44. The van der Waals surface area contributed by atoms with E-state index < -0.39 is 23.7 Å². The van der Waals surface area contributed by atoms with Crippen molar-refractivity contribution >= 4 is 11.6 Å². The monoisotopic (exact) mass is 532 g/mol. The summed E-state index contributed by atoms with van der Waals surface area (Å²) in [5, 5.41) is 6.39. The summed E-state index contributed by atoms with van der Waals surface area (Å²) in [6.07, 6.45) is -0.398. The molecule has 2 aliphatic heterocycles. The summed E-state index contributed by atoms with van der Waals surface area (Å²) in [4.78, 5) is 29.1. The first-order valence-corrected chi connectivity index (χ1v) is 13.3. The number of nitrogens with one attached hydrogen (secondary N) is 2. The number of carbonyl (C=O) groups is 1. The predicted octanol–water partition coefficient (Wildman–Crippen LogP) is 4.38. The van der Waals surface area contributed by atoms with E-state index in [0.29, 0.717) is 54.7 Å². The van der Waals surface area contributed by atoms with Crippen molar-refractivity contribution in [3.05, 3.63) is 63.1 Å². The highest BCUT2D eigenvalue weighted by atomic mass is 19.4. The summed E-state index contributed by atoms with van der Waals surface area (Å²) >= 11 is 0. The van der Waals surface area contributed by atoms with Crippen LogP contribution in [0.3, 0.4) is 0 Å². The highest BCUT2D eigenvalue weighted by Crippen LogP contribution is 2.42. The zero-order valence-electron chi connectivity index (χ0n) is 22.0. The Morgan fingerprint density at radius 1 is 1.16 bits per heavy atom. The normalized spacial score (nSPS) is 23.5. The maximum absolute atomic E-state index is 13.7. The minimum atomic E-state index is -4.48. The number of anilines is 1. The van der Waals surface area contributed by atoms with Crippen LogP contribution in [0, 0.1) is 18.8 Å². The van der Waals surface area contributed by atoms with Gasteiger partial charge in [0, 0.05) is 50.7 Å². The van der Waals surface area contributed by atoms with Gasteiger partial charge in [0.25, 0.3) is 11.5 Å². The molecule has 1 aromatic carbocycles. The number of ether oxygens (including phenoxy) is 1. The lowest BCUT2D eigenvalue weighted by Gasteiger charge is -2.53. The summed E-state index contributed by atoms with van der Waals surface area (Å²) in [6.45, 7) is 6.11. The fourth-order valence-corrected chi connectivity index (χ4v) is 6.42. The molecule has 38 heavy (non-hydrogen) atoms. The van der Waals surface area contributed by atoms with E-state index in [9.17, 15) is 22.8 Å². The molecular formula is C28H35F3N4O3. The lowest BCUT2D eigenvalue weighted by atomic mass is 9.66. The van der Waals surface area contributed by atoms with E-state index >= 15 is 0 Å². The molecule has 3 aliphatic rings. The van der Waals surface area contributed by atoms with Crippen LogP contribution in [0.1, 0.15) is 65.3 Å². The molecule has 3 heterocycles. The van der Waals surface area contributed by atoms with Crippen LogP contribution in [0.25, 0.3) is 0 Å². The van der Waals surface area contributed by atoms with Crippen LogP contribution in [-0.2, 0) is 10.9 Å². The number of hydrogen-bond acceptors (Lipinski definition) is 5. The predicted molar refractivity (Wildman–Crippen MR) is 138 cm³/mol. The molecule has 206 valence electrons. The van der Waals surface area contributed by atoms with Gasteiger partial charge in [-0.1, -0.05) is 12.1 Å². The minimum absolute atomic E-state index is 0.0725. The maximum Gasteiger partial charge on any atom is 0.416 e. The number of alkyl halides is 3. The molecule has 0 radical (unpaired) electrons. The number of fused-ring (bicyclic) bond motifs is 2. The fourth-order valence-electron chi connectivity index (χ4n) is 6.42. The minimum Gasteiger partial charge on any atom is -0.381 e. The van der Waals surface area contributed by atoms with Gasteiger partial charge in [-0.05, 0) is 69.2 Å². The van der Waals surface area contributed by atoms with Gasteiger partial charge < -0.3 is 24.8 Å². The molecule has 1 aliphatic carbocycles. The van der Waals surface area contributed by atoms with Gasteiger partial charge >= 0.3 is 6.18 Å². The molecule has 2 aromatic rings. The second kappa shape index (κ2) is 10.4. The average Bonchev–Trinajstić information content (AvgIpc) is 2.87. The van der Waals surface area contributed by atoms with Crippen LogP contribution in [0.5, 0.6) is 0 Å². The largest absolute Gasteiger partial charge is 0.416 e. The maximum atomic E-state index is 13.7. The smallest absolute Gasteiger partial charge is 0.381 e. The van der Waals surface area contributed by atoms with Crippen molar-refractivity contribution in [3.8, 4) is 0 Å². The molecule has 0 unspecified atom stereocenters. The van der Waals surface area contributed by atoms with Crippen molar-refractivity contribution in [2.75, 3.05) is 38.7 Å². The highest BCUT2D eigenvalue weighted by Gasteiger charge is 2.46. The topological polar surface area (TPSA) is 75.6 Å². The van der Waals surface area contributed by atoms with E-state index in [1.54, 1.807) is 23.8 Å². The van der Waals surface area contributed by atoms with E-state index in [1.807, 2.05) is 0 Å². The van der Waals surface area contributed by atoms with Crippen LogP contribution >= 0.6 is 0 Å². The third kappa shape index (κ3) is 5.20. The molecule has 2 saturated heterocycles. The number of benzene rings is 1. The van der Waals surface area contributed by atoms with Crippen molar-refractivity contribution in [3.63, 3.8) is 0 Å². The quantitative estimate of drug-likeness (QED) is 0.578. The Morgan fingerprint density at radius 3 is 2.50 bits per heavy atom. The lowest BCUT2D eigenvalue weighted by Crippen LogP contribution is -2.60. The van der Waals surface area contributed by atoms with Gasteiger partial charge in [0.2, 0.25) is 0 Å². The first-order valence-electron chi connectivity index (χ1n) is 13.3. The summed E-state index contributed by atoms with van der Waals surface area (Å²) in [5.74, 6) is 0.456. The number of aromatic nitrogens is 1. The number of rotatable bonds is 6. The van der Waals surface area contributed by atoms with Crippen LogP contribution in [-0.4, -0.2) is 54.8 Å². The number of piperidine rings is 2. The van der Waals surface area contributed by atoms with Crippen LogP contribution in [0.2, 0.25) is 0 Å². The third-order valence-corrected chi connectivity index (χ3v) is 8.44. The van der Waals surface area contributed by atoms with Crippen molar-refractivity contribution in [2.45, 2.75) is 57.4 Å². The molecule has 3 fully saturated rings. The summed E-state index contributed by atoms with van der Waals surface area (Å²) in [7, 11) is 2.10. The zero-order valence-corrected chi connectivity index (χ0v) is 22.0. The molecular weight excluding hydrogens is 497 g/mol. The highest BCUT2D eigenvalue weighted by molar-refractivity contribution is 5.99. The van der Waals surface area contributed by atoms with E-state index in [4.69, 9.17) is 4.74 Å². The molecule has 0 spiro atoms. The Labute approximate surface area is 220 Å². The average molecular weight is 533 g/mol. The van der Waals surface area contributed by atoms with Gasteiger partial charge in [-0.15, -0.1) is 0 Å². The number of amides is 1. The molecule has 10 heteroatoms. The molecule has 3 atom stereocenters. The number of halogens is 3. The number of nitrogens with zero attached hydrogens (tertiary/aromatic N) is 2. The van der Waals surface area contributed by atoms with Crippen molar-refractivity contribution < 1.29 is 22.7 Å². The summed E-state index contributed by atoms with van der Waals surface area (Å²) in [6, 6.07) is 4.95. The number of likely N-dealkylation sites (tertiary alicyclic amines) is 1. The van der Waals surface area contributed by atoms with Gasteiger partial charge in [0.15, 0.2) is 0 Å². The SMILES string of the molecule is Cc1c([C@@H](C)NC(=O)c2cn(C3CCOCC3)c(=O)cc2NC2[C@H]3C[C@H]2CN(C)C3)cccc1C(F)(F)F. The second-order valence-electron chi connectivity index (χ2n) is 11.0. The molecule has 1 aromatic heterocycles. The lowest BCUT2D eigenvalue weighted by molar-refractivity contribution is -0.138. The Bertz CT molecular complexity index is 1240. The van der Waals surface area contributed by atoms with E-state index in [1.165, 1.54) is 19.1 Å². The van der Waals surface area contributed by atoms with Crippen molar-refractivity contribution in [1.82, 2.24) is 14.8 Å². The molecule has 7 nitrogen and oxygen atoms in total. The van der Waals surface area contributed by atoms with Gasteiger partial charge in [-0.25, -0.2) is 0 Å². The first kappa shape index (κ1) is 26.7. The van der Waals surface area contributed by atoms with Gasteiger partial charge in [-0.3, -0.25) is 9.59 Å². The summed E-state index contributed by atoms with van der Waals surface area (Å²) in [5.41, 5.74) is 0.396. The Kier molecular flexibility index (Phi) is 7.30. The standard InChI is InChI=1S/C28H35F3N4O3/c1-16-21(5-4-6-23(16)28(29,30)31)17(2)32-27(37)22-15-35(20-7-9-38-10-8-20)25(36)12-24(22)33-26-18-11-19(26)14-34(3)13-18/h4-6,12,15,17-20,26,33H,7-11,13-14H2,1-3H3,(H,32,37)/t17-,18+,19+/m1/s1. The number of hydrogen-bond donors (Lipinski definition) is 2. The van der Waals surface area contributed by atoms with E-state index in [2.05, 4.69) is 22.6 Å².